The van der Waals surface area contributed by atoms with E-state index in [0.29, 0.717) is 38.5 Å². The van der Waals surface area contributed by atoms with Gasteiger partial charge in [-0.3, -0.25) is 4.72 Å². The summed E-state index contributed by atoms with van der Waals surface area (Å²) >= 11 is 8.98. The fraction of sp³-hybridized carbons (Fsp3) is 0.227. The lowest BCUT2D eigenvalue weighted by molar-refractivity contribution is 0.532. The van der Waals surface area contributed by atoms with Gasteiger partial charge in [0.05, 0.1) is 15.5 Å². The number of aromatic nitrogens is 4. The first-order valence-electron chi connectivity index (χ1n) is 10.5. The van der Waals surface area contributed by atoms with Crippen LogP contribution in [0, 0.1) is 5.82 Å². The van der Waals surface area contributed by atoms with Crippen LogP contribution in [0.5, 0.6) is 0 Å². The number of nitrogens with two attached hydrogens (primary N) is 1. The minimum absolute atomic E-state index is 0.120. The van der Waals surface area contributed by atoms with Crippen molar-refractivity contribution in [2.45, 2.75) is 36.6 Å². The predicted octanol–water partition coefficient (Wildman–Crippen LogP) is 5.55. The second-order valence-corrected chi connectivity index (χ2v) is 11.0. The Morgan fingerprint density at radius 1 is 1.18 bits per heavy atom. The SMILES string of the molecule is Nc1ncnc2c1c(-c1ccc(NS(=O)(=O)c3cnc(Cl)c(Br)c3)c(F)c1)cn2C1CCCC1. The van der Waals surface area contributed by atoms with Crippen LogP contribution < -0.4 is 10.5 Å². The van der Waals surface area contributed by atoms with Crippen molar-refractivity contribution in [3.05, 3.63) is 58.4 Å². The van der Waals surface area contributed by atoms with Gasteiger partial charge in [-0.2, -0.15) is 0 Å². The molecule has 1 saturated carbocycles. The molecule has 3 heterocycles. The Bertz CT molecular complexity index is 1520. The monoisotopic (exact) mass is 564 g/mol. The zero-order valence-corrected chi connectivity index (χ0v) is 20.8. The predicted molar refractivity (Wildman–Crippen MR) is 133 cm³/mol. The molecule has 0 aliphatic heterocycles. The molecule has 0 radical (unpaired) electrons. The Labute approximate surface area is 208 Å². The number of fused-ring (bicyclic) bond motifs is 1. The van der Waals surface area contributed by atoms with Gasteiger partial charge in [0.25, 0.3) is 10.0 Å². The number of benzene rings is 1. The maximum absolute atomic E-state index is 15.1. The van der Waals surface area contributed by atoms with Crippen LogP contribution in [0.4, 0.5) is 15.9 Å². The molecule has 0 amide bonds. The largest absolute Gasteiger partial charge is 0.383 e. The van der Waals surface area contributed by atoms with Crippen LogP contribution >= 0.6 is 27.5 Å². The molecule has 1 aromatic carbocycles. The van der Waals surface area contributed by atoms with Gasteiger partial charge in [-0.1, -0.05) is 30.5 Å². The standard InChI is InChI=1S/C22H19BrClFN6O2S/c23-16-8-14(9-27-20(16)24)34(32,33)30-18-6-5-12(7-17(18)25)15-10-31(13-3-1-2-4-13)22-19(15)21(26)28-11-29-22/h5-11,13,30H,1-4H2,(H2,26,28,29). The molecule has 8 nitrogen and oxygen atoms in total. The minimum Gasteiger partial charge on any atom is -0.383 e. The first-order valence-corrected chi connectivity index (χ1v) is 13.1. The average molecular weight is 566 g/mol. The van der Waals surface area contributed by atoms with Crippen molar-refractivity contribution in [1.82, 2.24) is 19.5 Å². The average Bonchev–Trinajstić information content (AvgIpc) is 3.45. The highest BCUT2D eigenvalue weighted by atomic mass is 79.9. The van der Waals surface area contributed by atoms with Crippen LogP contribution in [0.2, 0.25) is 5.15 Å². The fourth-order valence-corrected chi connectivity index (χ4v) is 5.95. The third-order valence-electron chi connectivity index (χ3n) is 5.96. The van der Waals surface area contributed by atoms with Gasteiger partial charge in [-0.15, -0.1) is 0 Å². The van der Waals surface area contributed by atoms with E-state index in [1.807, 2.05) is 6.20 Å². The summed E-state index contributed by atoms with van der Waals surface area (Å²) in [5.41, 5.74) is 7.92. The fourth-order valence-electron chi connectivity index (χ4n) is 4.31. The van der Waals surface area contributed by atoms with E-state index in [-0.39, 0.29) is 15.7 Å². The highest BCUT2D eigenvalue weighted by Crippen LogP contribution is 2.39. The number of anilines is 2. The smallest absolute Gasteiger partial charge is 0.263 e. The molecule has 0 unspecified atom stereocenters. The Morgan fingerprint density at radius 3 is 2.65 bits per heavy atom. The molecule has 0 bridgehead atoms. The van der Waals surface area contributed by atoms with Crippen molar-refractivity contribution in [3.63, 3.8) is 0 Å². The molecule has 34 heavy (non-hydrogen) atoms. The number of rotatable bonds is 5. The van der Waals surface area contributed by atoms with Gasteiger partial charge >= 0.3 is 0 Å². The van der Waals surface area contributed by atoms with E-state index in [1.165, 1.54) is 24.5 Å². The number of sulfonamides is 1. The summed E-state index contributed by atoms with van der Waals surface area (Å²) in [6.45, 7) is 0. The van der Waals surface area contributed by atoms with Crippen LogP contribution in [0.3, 0.4) is 0 Å². The molecule has 4 aromatic rings. The molecule has 176 valence electrons. The molecule has 12 heteroatoms. The second-order valence-electron chi connectivity index (χ2n) is 8.09. The molecule has 3 aromatic heterocycles. The van der Waals surface area contributed by atoms with E-state index < -0.39 is 15.8 Å². The van der Waals surface area contributed by atoms with Gasteiger partial charge in [0.2, 0.25) is 0 Å². The third-order valence-corrected chi connectivity index (χ3v) is 8.43. The molecule has 3 N–H and O–H groups in total. The zero-order valence-electron chi connectivity index (χ0n) is 17.7. The van der Waals surface area contributed by atoms with Gasteiger partial charge in [0, 0.05) is 24.0 Å². The first-order chi connectivity index (χ1) is 16.2. The molecular formula is C22H19BrClFN6O2S. The molecule has 0 spiro atoms. The summed E-state index contributed by atoms with van der Waals surface area (Å²) in [7, 11) is -4.09. The van der Waals surface area contributed by atoms with Gasteiger partial charge in [0.1, 0.15) is 33.7 Å². The summed E-state index contributed by atoms with van der Waals surface area (Å²) < 4.78 is 45.2. The maximum Gasteiger partial charge on any atom is 0.263 e. The topological polar surface area (TPSA) is 116 Å². The minimum atomic E-state index is -4.09. The quantitative estimate of drug-likeness (QED) is 0.307. The normalized spacial score (nSPS) is 14.7. The molecule has 0 saturated heterocycles. The summed E-state index contributed by atoms with van der Waals surface area (Å²) in [6.07, 6.45) is 8.82. The molecule has 5 rings (SSSR count). The van der Waals surface area contributed by atoms with Crippen LogP contribution in [0.25, 0.3) is 22.2 Å². The number of nitrogens with one attached hydrogen (secondary N) is 1. The summed E-state index contributed by atoms with van der Waals surface area (Å²) in [6, 6.07) is 5.88. The Hall–Kier alpha value is -2.76. The van der Waals surface area contributed by atoms with Crippen molar-refractivity contribution in [3.8, 4) is 11.1 Å². The third kappa shape index (κ3) is 4.12. The van der Waals surface area contributed by atoms with Crippen LogP contribution in [-0.4, -0.2) is 27.9 Å². The number of hydrogen-bond donors (Lipinski definition) is 2. The van der Waals surface area contributed by atoms with Crippen molar-refractivity contribution < 1.29 is 12.8 Å². The van der Waals surface area contributed by atoms with E-state index in [4.69, 9.17) is 17.3 Å². The van der Waals surface area contributed by atoms with E-state index in [0.717, 1.165) is 31.9 Å². The summed E-state index contributed by atoms with van der Waals surface area (Å²) in [5, 5.41) is 0.772. The van der Waals surface area contributed by atoms with Crippen molar-refractivity contribution in [1.29, 1.82) is 0 Å². The highest BCUT2D eigenvalue weighted by molar-refractivity contribution is 9.10. The van der Waals surface area contributed by atoms with Crippen LogP contribution in [0.1, 0.15) is 31.7 Å². The second kappa shape index (κ2) is 8.79. The van der Waals surface area contributed by atoms with Gasteiger partial charge in [-0.25, -0.2) is 27.8 Å². The van der Waals surface area contributed by atoms with E-state index in [1.54, 1.807) is 6.07 Å². The zero-order chi connectivity index (χ0) is 24.0. The van der Waals surface area contributed by atoms with E-state index >= 15 is 4.39 Å². The number of pyridine rings is 1. The number of nitrogen functional groups attached to an aromatic ring is 1. The maximum atomic E-state index is 15.1. The molecule has 1 aliphatic rings. The van der Waals surface area contributed by atoms with Gasteiger partial charge in [-0.05, 0) is 52.5 Å². The first kappa shape index (κ1) is 23.0. The lowest BCUT2D eigenvalue weighted by Gasteiger charge is -2.12. The lowest BCUT2D eigenvalue weighted by Crippen LogP contribution is -2.14. The lowest BCUT2D eigenvalue weighted by atomic mass is 10.1. The molecule has 1 aliphatic carbocycles. The number of nitrogens with zero attached hydrogens (tertiary/aromatic N) is 4. The van der Waals surface area contributed by atoms with Crippen molar-refractivity contribution in [2.24, 2.45) is 0 Å². The van der Waals surface area contributed by atoms with E-state index in [9.17, 15) is 8.42 Å². The highest BCUT2D eigenvalue weighted by Gasteiger charge is 2.24. The number of halogens is 3. The summed E-state index contributed by atoms with van der Waals surface area (Å²) in [5.74, 6) is -0.429. The van der Waals surface area contributed by atoms with Crippen LogP contribution in [-0.2, 0) is 10.0 Å². The van der Waals surface area contributed by atoms with Crippen molar-refractivity contribution in [2.75, 3.05) is 10.5 Å². The molecular weight excluding hydrogens is 547 g/mol. The Morgan fingerprint density at radius 2 is 1.94 bits per heavy atom. The Balaban J connectivity index is 1.53. The van der Waals surface area contributed by atoms with E-state index in [2.05, 4.69) is 40.2 Å². The number of hydrogen-bond acceptors (Lipinski definition) is 6. The van der Waals surface area contributed by atoms with Gasteiger partial charge in [0.15, 0.2) is 0 Å². The Kier molecular flexibility index (Phi) is 5.95. The molecule has 1 fully saturated rings. The summed E-state index contributed by atoms with van der Waals surface area (Å²) in [4.78, 5) is 12.2. The van der Waals surface area contributed by atoms with Gasteiger partial charge < -0.3 is 10.3 Å². The molecule has 0 atom stereocenters. The van der Waals surface area contributed by atoms with Crippen molar-refractivity contribution >= 4 is 60.1 Å². The van der Waals surface area contributed by atoms with Crippen LogP contribution in [0.15, 0.2) is 52.4 Å².